The van der Waals surface area contributed by atoms with Crippen molar-refractivity contribution in [2.75, 3.05) is 27.3 Å². The monoisotopic (exact) mass is 785 g/mol. The summed E-state index contributed by atoms with van der Waals surface area (Å²) in [5.74, 6) is -2.97. The molecule has 1 aliphatic heterocycles. The number of hydrogen-bond acceptors (Lipinski definition) is 11. The first-order valence-electron chi connectivity index (χ1n) is 17.3. The Kier molecular flexibility index (Phi) is 11.2. The van der Waals surface area contributed by atoms with Gasteiger partial charge in [-0.05, 0) is 72.7 Å². The van der Waals surface area contributed by atoms with Crippen LogP contribution in [-0.4, -0.2) is 68.8 Å². The Morgan fingerprint density at radius 2 is 1.44 bits per heavy atom. The summed E-state index contributed by atoms with van der Waals surface area (Å²) >= 11 is 8.80. The number of carbonyl (C=O) groups is 2. The van der Waals surface area contributed by atoms with Gasteiger partial charge in [0.15, 0.2) is 0 Å². The summed E-state index contributed by atoms with van der Waals surface area (Å²) < 4.78 is 14.0. The lowest BCUT2D eigenvalue weighted by Gasteiger charge is -2.22. The first kappa shape index (κ1) is 37.0. The smallest absolute Gasteiger partial charge is 0.311 e. The van der Waals surface area contributed by atoms with Crippen LogP contribution < -0.4 is 16.0 Å². The lowest BCUT2D eigenvalue weighted by molar-refractivity contribution is -0.662. The third-order valence-electron chi connectivity index (χ3n) is 9.08. The third kappa shape index (κ3) is 7.66. The van der Waals surface area contributed by atoms with Gasteiger partial charge < -0.3 is 19.9 Å². The van der Waals surface area contributed by atoms with Crippen LogP contribution in [-0.2, 0) is 31.9 Å². The van der Waals surface area contributed by atoms with Gasteiger partial charge in [0.25, 0.3) is 5.56 Å². The van der Waals surface area contributed by atoms with Gasteiger partial charge in [-0.15, -0.1) is 0 Å². The summed E-state index contributed by atoms with van der Waals surface area (Å²) in [6, 6.07) is 21.4. The highest BCUT2D eigenvalue weighted by atomic mass is 35.5. The van der Waals surface area contributed by atoms with Gasteiger partial charge >= 0.3 is 11.9 Å². The maximum atomic E-state index is 14.6. The lowest BCUT2D eigenvalue weighted by atomic mass is 9.84. The Morgan fingerprint density at radius 3 is 2.02 bits per heavy atom. The van der Waals surface area contributed by atoms with E-state index in [0.717, 1.165) is 14.1 Å². The van der Waals surface area contributed by atoms with Crippen molar-refractivity contribution < 1.29 is 29.5 Å². The molecule has 1 saturated heterocycles. The van der Waals surface area contributed by atoms with Gasteiger partial charge in [-0.2, -0.15) is 9.78 Å². The van der Waals surface area contributed by atoms with E-state index in [2.05, 4.69) is 25.5 Å². The first-order valence-corrected chi connectivity index (χ1v) is 19.3. The second-order valence-corrected chi connectivity index (χ2v) is 15.0. The predicted octanol–water partition coefficient (Wildman–Crippen LogP) is 4.64. The summed E-state index contributed by atoms with van der Waals surface area (Å²) in [6.45, 7) is 2.75. The van der Waals surface area contributed by atoms with E-state index in [1.54, 1.807) is 24.3 Å². The number of fused-ring (bicyclic) bond motifs is 2. The van der Waals surface area contributed by atoms with E-state index in [1.165, 1.54) is 73.9 Å². The van der Waals surface area contributed by atoms with Gasteiger partial charge in [0.2, 0.25) is 10.3 Å². The summed E-state index contributed by atoms with van der Waals surface area (Å²) in [5, 5.41) is 25.6. The molecule has 0 amide bonds. The predicted molar refractivity (Wildman–Crippen MR) is 205 cm³/mol. The molecule has 5 heterocycles. The highest BCUT2D eigenvalue weighted by molar-refractivity contribution is 7.21. The van der Waals surface area contributed by atoms with Gasteiger partial charge in [0.1, 0.15) is 0 Å². The average molecular weight is 786 g/mol. The van der Waals surface area contributed by atoms with E-state index in [9.17, 15) is 19.5 Å². The van der Waals surface area contributed by atoms with Crippen LogP contribution in [0.2, 0.25) is 5.02 Å². The number of nitrogens with zero attached hydrogens (tertiary/aromatic N) is 5. The summed E-state index contributed by atoms with van der Waals surface area (Å²) in [7, 11) is 2.48. The van der Waals surface area contributed by atoms with E-state index in [1.807, 2.05) is 48.5 Å². The third-order valence-corrected chi connectivity index (χ3v) is 11.4. The van der Waals surface area contributed by atoms with Crippen LogP contribution in [0, 0.1) is 0 Å². The number of H-pyrrole nitrogens is 1. The van der Waals surface area contributed by atoms with Crippen molar-refractivity contribution in [2.45, 2.75) is 38.0 Å². The number of nitrogens with two attached hydrogens (primary N) is 1. The molecular weight excluding hydrogens is 750 g/mol. The molecule has 3 N–H and O–H groups in total. The number of benzene rings is 3. The Hall–Kier alpha value is -5.35. The zero-order valence-electron chi connectivity index (χ0n) is 29.4. The number of hydrogen-bond donors (Lipinski definition) is 2. The van der Waals surface area contributed by atoms with E-state index in [4.69, 9.17) is 21.1 Å². The average Bonchev–Trinajstić information content (AvgIpc) is 3.97. The topological polar surface area (TPSA) is 174 Å². The minimum absolute atomic E-state index is 0.0423. The standard InChI is InChI=1S/C33H25ClN6O6S2.C5H11N/c1-45-25(41)15-21-28(30(43)39(37-21)32-35-19-7-3-5-9-23(19)47-32)27(17-11-13-18(34)14-12-17)29-22(16-26(42)46-2)38-40(31(29)44)33-36-20-8-4-6-10-24(20)48-33;1-2-4-6-5-3-1/h3-14,27,37,44H,15-16H2,1-2H3;6H,1-5H2. The second-order valence-electron chi connectivity index (χ2n) is 12.6. The minimum Gasteiger partial charge on any atom is -0.858 e. The summed E-state index contributed by atoms with van der Waals surface area (Å²) in [5.41, 5.74) is 1.69. The molecule has 16 heteroatoms. The quantitative estimate of drug-likeness (QED) is 0.198. The number of methoxy groups -OCH3 is 2. The van der Waals surface area contributed by atoms with Crippen molar-refractivity contribution in [3.63, 3.8) is 0 Å². The molecule has 0 spiro atoms. The number of ether oxygens (including phenoxy) is 2. The normalized spacial score (nSPS) is 13.4. The fourth-order valence-electron chi connectivity index (χ4n) is 6.43. The van der Waals surface area contributed by atoms with E-state index < -0.39 is 29.3 Å². The Balaban J connectivity index is 0.000000684. The van der Waals surface area contributed by atoms with Crippen molar-refractivity contribution in [3.8, 4) is 16.1 Å². The van der Waals surface area contributed by atoms with Crippen molar-refractivity contribution in [1.29, 1.82) is 0 Å². The molecular formula is C38H36ClN7O6S2. The number of nitrogens with one attached hydrogen (secondary N) is 1. The zero-order chi connectivity index (χ0) is 37.8. The number of para-hydroxylation sites is 2. The molecule has 0 aliphatic carbocycles. The van der Waals surface area contributed by atoms with Crippen LogP contribution in [0.5, 0.6) is 5.88 Å². The Morgan fingerprint density at radius 1 is 0.852 bits per heavy atom. The molecule has 13 nitrogen and oxygen atoms in total. The highest BCUT2D eigenvalue weighted by Crippen LogP contribution is 2.41. The first-order chi connectivity index (χ1) is 26.2. The molecule has 1 fully saturated rings. The maximum Gasteiger partial charge on any atom is 0.311 e. The number of aromatic amines is 1. The number of carbonyl (C=O) groups excluding carboxylic acids is 2. The van der Waals surface area contributed by atoms with Crippen molar-refractivity contribution >= 4 is 66.6 Å². The Labute approximate surface area is 322 Å². The number of esters is 2. The van der Waals surface area contributed by atoms with Crippen LogP contribution >= 0.6 is 34.3 Å². The summed E-state index contributed by atoms with van der Waals surface area (Å²) in [6.07, 6.45) is 3.66. The number of thiazole rings is 2. The molecule has 4 aromatic heterocycles. The molecule has 0 bridgehead atoms. The zero-order valence-corrected chi connectivity index (χ0v) is 31.8. The largest absolute Gasteiger partial charge is 0.858 e. The van der Waals surface area contributed by atoms with Crippen LogP contribution in [0.1, 0.15) is 53.3 Å². The lowest BCUT2D eigenvalue weighted by Crippen LogP contribution is -2.85. The van der Waals surface area contributed by atoms with Gasteiger partial charge in [0, 0.05) is 10.9 Å². The van der Waals surface area contributed by atoms with Crippen LogP contribution in [0.25, 0.3) is 30.7 Å². The van der Waals surface area contributed by atoms with E-state index in [0.29, 0.717) is 26.8 Å². The SMILES string of the molecule is C1CC[NH2+]CC1.COC(=O)Cc1nn(-c2nc3ccccc3s2)c([O-])c1C(c1ccc(Cl)cc1)c1c(CC(=O)OC)[nH]n(-c2nc3ccccc3s2)c1=O. The summed E-state index contributed by atoms with van der Waals surface area (Å²) in [4.78, 5) is 49.3. The van der Waals surface area contributed by atoms with Gasteiger partial charge in [-0.3, -0.25) is 19.5 Å². The van der Waals surface area contributed by atoms with E-state index in [-0.39, 0.29) is 40.5 Å². The fourth-order valence-corrected chi connectivity index (χ4v) is 8.40. The molecule has 8 rings (SSSR count). The number of halogens is 1. The van der Waals surface area contributed by atoms with Crippen molar-refractivity contribution in [3.05, 3.63) is 116 Å². The Bertz CT molecular complexity index is 2420. The molecule has 278 valence electrons. The second kappa shape index (κ2) is 16.3. The van der Waals surface area contributed by atoms with E-state index >= 15 is 0 Å². The van der Waals surface area contributed by atoms with Crippen molar-refractivity contribution in [1.82, 2.24) is 29.5 Å². The van der Waals surface area contributed by atoms with Crippen molar-refractivity contribution in [2.24, 2.45) is 0 Å². The number of rotatable bonds is 9. The minimum atomic E-state index is -1.11. The molecule has 1 unspecified atom stereocenters. The molecule has 54 heavy (non-hydrogen) atoms. The molecule has 1 aliphatic rings. The number of aromatic nitrogens is 6. The molecule has 0 radical (unpaired) electrons. The molecule has 7 aromatic rings. The van der Waals surface area contributed by atoms with Gasteiger partial charge in [0.05, 0.1) is 77.5 Å². The van der Waals surface area contributed by atoms with Gasteiger partial charge in [-0.25, -0.2) is 14.6 Å². The van der Waals surface area contributed by atoms with Crippen LogP contribution in [0.15, 0.2) is 77.6 Å². The highest BCUT2D eigenvalue weighted by Gasteiger charge is 2.33. The maximum absolute atomic E-state index is 14.6. The van der Waals surface area contributed by atoms with Crippen LogP contribution in [0.3, 0.4) is 0 Å². The molecule has 1 atom stereocenters. The van der Waals surface area contributed by atoms with Crippen LogP contribution in [0.4, 0.5) is 0 Å². The molecule has 0 saturated carbocycles. The number of quaternary nitrogens is 1. The fraction of sp³-hybridized carbons (Fsp3) is 0.263. The van der Waals surface area contributed by atoms with Gasteiger partial charge in [-0.1, -0.05) is 70.7 Å². The molecule has 3 aromatic carbocycles. The number of piperidine rings is 1.